The fourth-order valence-corrected chi connectivity index (χ4v) is 8.93. The molecule has 0 saturated heterocycles. The van der Waals surface area contributed by atoms with E-state index in [0.717, 1.165) is 10.4 Å². The molecule has 0 heterocycles. The minimum absolute atomic E-state index is 0.354. The molecule has 8 aromatic rings. The molecule has 0 unspecified atom stereocenters. The van der Waals surface area contributed by atoms with Crippen LogP contribution in [0.1, 0.15) is 22.3 Å². The Balaban J connectivity index is 1.17. The molecule has 2 aliphatic rings. The highest BCUT2D eigenvalue weighted by atomic mass is 35.5. The summed E-state index contributed by atoms with van der Waals surface area (Å²) in [6.07, 6.45) is 0. The lowest BCUT2D eigenvalue weighted by molar-refractivity contribution is 0.794. The van der Waals surface area contributed by atoms with Crippen molar-refractivity contribution in [2.75, 3.05) is 0 Å². The number of hydrogen-bond acceptors (Lipinski definition) is 0. The number of halogens is 1. The smallest absolute Gasteiger partial charge is 0.0725 e. The highest BCUT2D eigenvalue weighted by Gasteiger charge is 2.51. The molecule has 2 aliphatic carbocycles. The molecule has 0 aliphatic heterocycles. The number of rotatable bonds is 3. The molecular formula is C47H29Cl. The molecule has 0 nitrogen and oxygen atoms in total. The zero-order chi connectivity index (χ0) is 31.8. The van der Waals surface area contributed by atoms with Crippen molar-refractivity contribution >= 4 is 22.4 Å². The number of fused-ring (bicyclic) bond motifs is 11. The van der Waals surface area contributed by atoms with E-state index >= 15 is 0 Å². The molecule has 224 valence electrons. The zero-order valence-corrected chi connectivity index (χ0v) is 26.9. The maximum absolute atomic E-state index is 6.56. The normalized spacial score (nSPS) is 13.3. The Morgan fingerprint density at radius 2 is 0.729 bits per heavy atom. The molecule has 0 bridgehead atoms. The van der Waals surface area contributed by atoms with Crippen molar-refractivity contribution in [1.29, 1.82) is 0 Å². The van der Waals surface area contributed by atoms with E-state index < -0.39 is 0 Å². The van der Waals surface area contributed by atoms with Gasteiger partial charge in [-0.15, -0.1) is 0 Å². The Hall–Kier alpha value is -5.69. The summed E-state index contributed by atoms with van der Waals surface area (Å²) in [6.45, 7) is 0. The van der Waals surface area contributed by atoms with Gasteiger partial charge in [0, 0.05) is 10.4 Å². The first-order chi connectivity index (χ1) is 23.7. The monoisotopic (exact) mass is 628 g/mol. The van der Waals surface area contributed by atoms with Crippen LogP contribution in [0.25, 0.3) is 66.4 Å². The maximum atomic E-state index is 6.56. The Morgan fingerprint density at radius 3 is 1.42 bits per heavy atom. The van der Waals surface area contributed by atoms with Crippen LogP contribution in [0.2, 0.25) is 5.02 Å². The van der Waals surface area contributed by atoms with Crippen LogP contribution in [-0.2, 0) is 5.41 Å². The van der Waals surface area contributed by atoms with Crippen LogP contribution in [0.4, 0.5) is 0 Å². The van der Waals surface area contributed by atoms with E-state index in [1.807, 2.05) is 12.1 Å². The molecular weight excluding hydrogens is 600 g/mol. The van der Waals surface area contributed by atoms with Gasteiger partial charge in [-0.1, -0.05) is 181 Å². The number of benzene rings is 8. The SMILES string of the molecule is Clc1cccc2c(-c3ccc(-c4ccccc4-c4cccc5c4-c4ccccc4C54c5ccccc5-c5ccccc54)cc3)cccc12. The van der Waals surface area contributed by atoms with Gasteiger partial charge in [0.15, 0.2) is 0 Å². The molecule has 0 fully saturated rings. The Kier molecular flexibility index (Phi) is 5.95. The molecule has 10 rings (SSSR count). The van der Waals surface area contributed by atoms with Gasteiger partial charge in [-0.05, 0) is 89.3 Å². The third kappa shape index (κ3) is 3.67. The van der Waals surface area contributed by atoms with Crippen molar-refractivity contribution in [2.24, 2.45) is 0 Å². The third-order valence-electron chi connectivity index (χ3n) is 10.6. The topological polar surface area (TPSA) is 0 Å². The molecule has 0 N–H and O–H groups in total. The van der Waals surface area contributed by atoms with Crippen molar-refractivity contribution < 1.29 is 0 Å². The van der Waals surface area contributed by atoms with Gasteiger partial charge in [0.1, 0.15) is 0 Å². The lowest BCUT2D eigenvalue weighted by Gasteiger charge is -2.30. The molecule has 0 atom stereocenters. The van der Waals surface area contributed by atoms with Crippen LogP contribution >= 0.6 is 11.6 Å². The van der Waals surface area contributed by atoms with E-state index in [0.29, 0.717) is 0 Å². The van der Waals surface area contributed by atoms with E-state index in [9.17, 15) is 0 Å². The van der Waals surface area contributed by atoms with Gasteiger partial charge < -0.3 is 0 Å². The summed E-state index contributed by atoms with van der Waals surface area (Å²) >= 11 is 6.56. The van der Waals surface area contributed by atoms with Crippen molar-refractivity contribution in [2.45, 2.75) is 5.41 Å². The Labute approximate surface area is 285 Å². The van der Waals surface area contributed by atoms with Crippen molar-refractivity contribution in [3.05, 3.63) is 203 Å². The van der Waals surface area contributed by atoms with Gasteiger partial charge in [0.25, 0.3) is 0 Å². The first-order valence-electron chi connectivity index (χ1n) is 16.6. The second kappa shape index (κ2) is 10.4. The molecule has 1 spiro atoms. The fourth-order valence-electron chi connectivity index (χ4n) is 8.69. The second-order valence-corrected chi connectivity index (χ2v) is 13.3. The van der Waals surface area contributed by atoms with Crippen molar-refractivity contribution in [3.63, 3.8) is 0 Å². The molecule has 48 heavy (non-hydrogen) atoms. The van der Waals surface area contributed by atoms with Crippen LogP contribution in [-0.4, -0.2) is 0 Å². The molecule has 0 radical (unpaired) electrons. The summed E-state index contributed by atoms with van der Waals surface area (Å²) in [5, 5.41) is 3.03. The van der Waals surface area contributed by atoms with E-state index in [1.54, 1.807) is 0 Å². The van der Waals surface area contributed by atoms with Gasteiger partial charge in [0.05, 0.1) is 5.41 Å². The van der Waals surface area contributed by atoms with Crippen LogP contribution in [0.3, 0.4) is 0 Å². The van der Waals surface area contributed by atoms with Crippen LogP contribution in [0.5, 0.6) is 0 Å². The number of hydrogen-bond donors (Lipinski definition) is 0. The average Bonchev–Trinajstić information content (AvgIpc) is 3.63. The highest BCUT2D eigenvalue weighted by Crippen LogP contribution is 2.64. The van der Waals surface area contributed by atoms with E-state index in [1.165, 1.54) is 83.3 Å². The van der Waals surface area contributed by atoms with E-state index in [-0.39, 0.29) is 5.41 Å². The quantitative estimate of drug-likeness (QED) is 0.183. The summed E-state index contributed by atoms with van der Waals surface area (Å²) < 4.78 is 0. The van der Waals surface area contributed by atoms with E-state index in [2.05, 4.69) is 164 Å². The van der Waals surface area contributed by atoms with Gasteiger partial charge in [-0.3, -0.25) is 0 Å². The Bertz CT molecular complexity index is 2530. The zero-order valence-electron chi connectivity index (χ0n) is 26.1. The fraction of sp³-hybridized carbons (Fsp3) is 0.0213. The average molecular weight is 629 g/mol. The Morgan fingerprint density at radius 1 is 0.292 bits per heavy atom. The van der Waals surface area contributed by atoms with Crippen LogP contribution in [0, 0.1) is 0 Å². The third-order valence-corrected chi connectivity index (χ3v) is 10.9. The summed E-state index contributed by atoms with van der Waals surface area (Å²) in [5.74, 6) is 0. The van der Waals surface area contributed by atoms with Crippen LogP contribution in [0.15, 0.2) is 176 Å². The van der Waals surface area contributed by atoms with Gasteiger partial charge >= 0.3 is 0 Å². The highest BCUT2D eigenvalue weighted by molar-refractivity contribution is 6.35. The summed E-state index contributed by atoms with van der Waals surface area (Å²) in [6, 6.07) is 64.4. The lowest BCUT2D eigenvalue weighted by atomic mass is 9.70. The summed E-state index contributed by atoms with van der Waals surface area (Å²) in [5.41, 5.74) is 17.7. The molecule has 1 heteroatoms. The predicted molar refractivity (Wildman–Crippen MR) is 202 cm³/mol. The van der Waals surface area contributed by atoms with Gasteiger partial charge in [0.2, 0.25) is 0 Å². The summed E-state index contributed by atoms with van der Waals surface area (Å²) in [4.78, 5) is 0. The largest absolute Gasteiger partial charge is 0.0837 e. The second-order valence-electron chi connectivity index (χ2n) is 12.9. The molecule has 0 aromatic heterocycles. The summed E-state index contributed by atoms with van der Waals surface area (Å²) in [7, 11) is 0. The van der Waals surface area contributed by atoms with Crippen molar-refractivity contribution in [3.8, 4) is 55.6 Å². The molecule has 0 saturated carbocycles. The predicted octanol–water partition coefficient (Wildman–Crippen LogP) is 12.8. The van der Waals surface area contributed by atoms with E-state index in [4.69, 9.17) is 11.6 Å². The minimum Gasteiger partial charge on any atom is -0.0837 e. The van der Waals surface area contributed by atoms with Gasteiger partial charge in [-0.2, -0.15) is 0 Å². The molecule has 0 amide bonds. The van der Waals surface area contributed by atoms with Gasteiger partial charge in [-0.25, -0.2) is 0 Å². The van der Waals surface area contributed by atoms with Crippen molar-refractivity contribution in [1.82, 2.24) is 0 Å². The first kappa shape index (κ1) is 27.4. The molecule has 8 aromatic carbocycles. The minimum atomic E-state index is -0.354. The van der Waals surface area contributed by atoms with Crippen LogP contribution < -0.4 is 0 Å². The first-order valence-corrected chi connectivity index (χ1v) is 16.9. The maximum Gasteiger partial charge on any atom is 0.0725 e. The lowest BCUT2D eigenvalue weighted by Crippen LogP contribution is -2.25. The standard InChI is InChI=1S/C47H29Cl/c48-45-25-11-18-34-33(17-9-19-38(34)45)31-28-26-30(27-29-31)32-12-1-2-13-35(32)39-20-10-24-44-46(39)40-16-5-8-23-43(40)47(44)41-21-6-3-14-36(41)37-15-4-7-22-42(37)47/h1-29H.